The third-order valence-electron chi connectivity index (χ3n) is 3.15. The highest BCUT2D eigenvalue weighted by Gasteiger charge is 2.37. The molecule has 0 unspecified atom stereocenters. The summed E-state index contributed by atoms with van der Waals surface area (Å²) < 4.78 is 5.30. The summed E-state index contributed by atoms with van der Waals surface area (Å²) >= 11 is 0. The highest BCUT2D eigenvalue weighted by molar-refractivity contribution is 5.82. The monoisotopic (exact) mass is 277 g/mol. The Kier molecular flexibility index (Phi) is 3.70. The molecular weight excluding hydrogens is 258 g/mol. The number of carboxylic acid groups (broad SMARTS) is 1. The topological polar surface area (TPSA) is 66.8 Å². The average molecular weight is 277 g/mol. The van der Waals surface area contributed by atoms with Gasteiger partial charge in [-0.3, -0.25) is 4.90 Å². The number of carboxylic acids is 1. The Morgan fingerprint density at radius 1 is 1.30 bits per heavy atom. The van der Waals surface area contributed by atoms with E-state index in [0.717, 1.165) is 5.56 Å². The molecule has 1 amide bonds. The van der Waals surface area contributed by atoms with Crippen LogP contribution in [0.5, 0.6) is 0 Å². The maximum absolute atomic E-state index is 12.2. The average Bonchev–Trinajstić information content (AvgIpc) is 2.35. The number of hydrogen-bond acceptors (Lipinski definition) is 3. The zero-order valence-corrected chi connectivity index (χ0v) is 11.9. The normalized spacial score (nSPS) is 18.4. The minimum absolute atomic E-state index is 0.350. The Balaban J connectivity index is 2.32. The van der Waals surface area contributed by atoms with Crippen molar-refractivity contribution in [1.29, 1.82) is 0 Å². The van der Waals surface area contributed by atoms with Crippen LogP contribution in [0.1, 0.15) is 37.9 Å². The van der Waals surface area contributed by atoms with Gasteiger partial charge in [-0.05, 0) is 38.3 Å². The summed E-state index contributed by atoms with van der Waals surface area (Å²) in [5.74, 6) is -1.04. The molecule has 0 aromatic heterocycles. The molecule has 0 saturated heterocycles. The molecule has 1 aromatic carbocycles. The number of fused-ring (bicyclic) bond motifs is 1. The highest BCUT2D eigenvalue weighted by atomic mass is 16.6. The molecule has 1 aliphatic heterocycles. The fourth-order valence-corrected chi connectivity index (χ4v) is 2.35. The fraction of sp³-hybridized carbons (Fsp3) is 0.467. The van der Waals surface area contributed by atoms with Crippen LogP contribution in [0.4, 0.5) is 4.79 Å². The van der Waals surface area contributed by atoms with E-state index in [4.69, 9.17) is 4.74 Å². The van der Waals surface area contributed by atoms with Gasteiger partial charge in [0, 0.05) is 6.54 Å². The minimum Gasteiger partial charge on any atom is -0.479 e. The first-order valence-electron chi connectivity index (χ1n) is 6.60. The highest BCUT2D eigenvalue weighted by Crippen LogP contribution is 2.31. The van der Waals surface area contributed by atoms with Crippen LogP contribution in [0.2, 0.25) is 0 Å². The van der Waals surface area contributed by atoms with Crippen LogP contribution in [0, 0.1) is 0 Å². The second-order valence-corrected chi connectivity index (χ2v) is 5.86. The second-order valence-electron chi connectivity index (χ2n) is 5.86. The first kappa shape index (κ1) is 14.4. The fourth-order valence-electron chi connectivity index (χ4n) is 2.35. The van der Waals surface area contributed by atoms with Crippen molar-refractivity contribution in [3.05, 3.63) is 35.4 Å². The lowest BCUT2D eigenvalue weighted by Gasteiger charge is -2.35. The first-order chi connectivity index (χ1) is 9.29. The molecular formula is C15H19NO4. The lowest BCUT2D eigenvalue weighted by molar-refractivity contribution is -0.143. The molecule has 1 aromatic rings. The molecule has 5 nitrogen and oxygen atoms in total. The number of carbonyl (C=O) groups is 2. The van der Waals surface area contributed by atoms with E-state index in [9.17, 15) is 14.7 Å². The van der Waals surface area contributed by atoms with Crippen LogP contribution in [0.25, 0.3) is 0 Å². The second kappa shape index (κ2) is 5.15. The molecule has 1 N–H and O–H groups in total. The van der Waals surface area contributed by atoms with Crippen molar-refractivity contribution in [2.45, 2.75) is 38.8 Å². The maximum atomic E-state index is 12.2. The number of nitrogens with zero attached hydrogens (tertiary/aromatic N) is 1. The van der Waals surface area contributed by atoms with Crippen LogP contribution in [0.3, 0.4) is 0 Å². The third-order valence-corrected chi connectivity index (χ3v) is 3.15. The zero-order chi connectivity index (χ0) is 14.9. The summed E-state index contributed by atoms with van der Waals surface area (Å²) in [6.45, 7) is 5.64. The molecule has 1 aliphatic rings. The van der Waals surface area contributed by atoms with Crippen LogP contribution < -0.4 is 0 Å². The largest absolute Gasteiger partial charge is 0.479 e. The van der Waals surface area contributed by atoms with Gasteiger partial charge in [0.1, 0.15) is 5.60 Å². The lowest BCUT2D eigenvalue weighted by Crippen LogP contribution is -2.45. The van der Waals surface area contributed by atoms with Crippen molar-refractivity contribution in [3.63, 3.8) is 0 Å². The van der Waals surface area contributed by atoms with Gasteiger partial charge in [-0.1, -0.05) is 24.3 Å². The summed E-state index contributed by atoms with van der Waals surface area (Å²) in [7, 11) is 0. The molecule has 2 rings (SSSR count). The van der Waals surface area contributed by atoms with Gasteiger partial charge in [0.05, 0.1) is 0 Å². The van der Waals surface area contributed by atoms with Gasteiger partial charge in [0.2, 0.25) is 0 Å². The van der Waals surface area contributed by atoms with Gasteiger partial charge in [0.15, 0.2) is 6.04 Å². The van der Waals surface area contributed by atoms with E-state index < -0.39 is 23.7 Å². The van der Waals surface area contributed by atoms with E-state index >= 15 is 0 Å². The molecule has 5 heteroatoms. The summed E-state index contributed by atoms with van der Waals surface area (Å²) in [4.78, 5) is 25.0. The summed E-state index contributed by atoms with van der Waals surface area (Å²) in [6, 6.07) is 6.34. The number of aliphatic carboxylic acids is 1. The molecule has 1 atom stereocenters. The van der Waals surface area contributed by atoms with E-state index in [0.29, 0.717) is 18.5 Å². The van der Waals surface area contributed by atoms with Gasteiger partial charge in [-0.25, -0.2) is 9.59 Å². The van der Waals surface area contributed by atoms with Crippen LogP contribution >= 0.6 is 0 Å². The van der Waals surface area contributed by atoms with Crippen molar-refractivity contribution < 1.29 is 19.4 Å². The number of benzene rings is 1. The SMILES string of the molecule is CC(C)(C)OC(=O)N1CCc2ccccc2[C@H]1C(=O)O. The number of carbonyl (C=O) groups excluding carboxylic acids is 1. The number of amides is 1. The van der Waals surface area contributed by atoms with Crippen LogP contribution in [0.15, 0.2) is 24.3 Å². The van der Waals surface area contributed by atoms with Gasteiger partial charge >= 0.3 is 12.1 Å². The molecule has 20 heavy (non-hydrogen) atoms. The Morgan fingerprint density at radius 3 is 2.55 bits per heavy atom. The van der Waals surface area contributed by atoms with E-state index in [1.807, 2.05) is 12.1 Å². The van der Waals surface area contributed by atoms with Crippen molar-refractivity contribution in [3.8, 4) is 0 Å². The van der Waals surface area contributed by atoms with Gasteiger partial charge < -0.3 is 9.84 Å². The minimum atomic E-state index is -1.04. The number of ether oxygens (including phenoxy) is 1. The van der Waals surface area contributed by atoms with Gasteiger partial charge in [-0.2, -0.15) is 0 Å². The first-order valence-corrected chi connectivity index (χ1v) is 6.60. The van der Waals surface area contributed by atoms with E-state index in [1.165, 1.54) is 4.90 Å². The molecule has 0 radical (unpaired) electrons. The number of hydrogen-bond donors (Lipinski definition) is 1. The molecule has 1 heterocycles. The molecule has 108 valence electrons. The summed E-state index contributed by atoms with van der Waals surface area (Å²) in [5, 5.41) is 9.45. The van der Waals surface area contributed by atoms with Crippen molar-refractivity contribution in [2.75, 3.05) is 6.54 Å². The molecule has 0 saturated carbocycles. The lowest BCUT2D eigenvalue weighted by atomic mass is 9.93. The van der Waals surface area contributed by atoms with Crippen LogP contribution in [-0.4, -0.2) is 34.2 Å². The Bertz CT molecular complexity index is 533. The third kappa shape index (κ3) is 2.92. The van der Waals surface area contributed by atoms with E-state index in [2.05, 4.69) is 0 Å². The Hall–Kier alpha value is -2.04. The molecule has 0 bridgehead atoms. The van der Waals surface area contributed by atoms with Crippen molar-refractivity contribution >= 4 is 12.1 Å². The predicted octanol–water partition coefficient (Wildman–Crippen LogP) is 2.61. The summed E-state index contributed by atoms with van der Waals surface area (Å²) in [5.41, 5.74) is 0.994. The standard InChI is InChI=1S/C15H19NO4/c1-15(2,3)20-14(19)16-9-8-10-6-4-5-7-11(10)12(16)13(17)18/h4-7,12H,8-9H2,1-3H3,(H,17,18)/t12-/m0/s1. The van der Waals surface area contributed by atoms with Gasteiger partial charge in [-0.15, -0.1) is 0 Å². The maximum Gasteiger partial charge on any atom is 0.411 e. The smallest absolute Gasteiger partial charge is 0.411 e. The number of rotatable bonds is 1. The molecule has 0 aliphatic carbocycles. The Labute approximate surface area is 118 Å². The van der Waals surface area contributed by atoms with Crippen molar-refractivity contribution in [1.82, 2.24) is 4.90 Å². The van der Waals surface area contributed by atoms with E-state index in [1.54, 1.807) is 32.9 Å². The molecule has 0 fully saturated rings. The van der Waals surface area contributed by atoms with Crippen molar-refractivity contribution in [2.24, 2.45) is 0 Å². The van der Waals surface area contributed by atoms with Crippen LogP contribution in [-0.2, 0) is 16.0 Å². The quantitative estimate of drug-likeness (QED) is 0.856. The zero-order valence-electron chi connectivity index (χ0n) is 11.9. The summed E-state index contributed by atoms with van der Waals surface area (Å²) in [6.07, 6.45) is 0.0542. The Morgan fingerprint density at radius 2 is 1.95 bits per heavy atom. The van der Waals surface area contributed by atoms with Gasteiger partial charge in [0.25, 0.3) is 0 Å². The van der Waals surface area contributed by atoms with E-state index in [-0.39, 0.29) is 0 Å². The predicted molar refractivity (Wildman–Crippen MR) is 73.5 cm³/mol. The molecule has 0 spiro atoms.